The molecule has 4 fully saturated rings. The van der Waals surface area contributed by atoms with Gasteiger partial charge < -0.3 is 10.2 Å². The average molecular weight is 292 g/mol. The predicted molar refractivity (Wildman–Crippen MR) is 83.7 cm³/mol. The van der Waals surface area contributed by atoms with E-state index in [0.717, 1.165) is 42.9 Å². The van der Waals surface area contributed by atoms with Crippen molar-refractivity contribution in [2.45, 2.75) is 83.8 Å². The van der Waals surface area contributed by atoms with E-state index in [2.05, 4.69) is 13.8 Å². The molecule has 120 valence electrons. The highest BCUT2D eigenvalue weighted by Crippen LogP contribution is 2.66. The van der Waals surface area contributed by atoms with Gasteiger partial charge in [-0.15, -0.1) is 0 Å². The van der Waals surface area contributed by atoms with E-state index in [9.17, 15) is 10.2 Å². The molecule has 0 heterocycles. The Kier molecular flexibility index (Phi) is 3.25. The summed E-state index contributed by atoms with van der Waals surface area (Å²) in [4.78, 5) is 0. The third kappa shape index (κ3) is 1.91. The van der Waals surface area contributed by atoms with Gasteiger partial charge in [-0.25, -0.2) is 0 Å². The summed E-state index contributed by atoms with van der Waals surface area (Å²) in [7, 11) is 0. The lowest BCUT2D eigenvalue weighted by molar-refractivity contribution is -0.133. The van der Waals surface area contributed by atoms with E-state index in [-0.39, 0.29) is 17.6 Å². The Morgan fingerprint density at radius 2 is 1.48 bits per heavy atom. The summed E-state index contributed by atoms with van der Waals surface area (Å²) in [5, 5.41) is 20.5. The fraction of sp³-hybridized carbons (Fsp3) is 1.00. The van der Waals surface area contributed by atoms with Gasteiger partial charge in [-0.05, 0) is 92.3 Å². The fourth-order valence-electron chi connectivity index (χ4n) is 7.21. The first-order valence-electron chi connectivity index (χ1n) is 9.31. The minimum Gasteiger partial charge on any atom is -0.393 e. The van der Waals surface area contributed by atoms with E-state index in [1.165, 1.54) is 38.5 Å². The third-order valence-corrected chi connectivity index (χ3v) is 8.59. The van der Waals surface area contributed by atoms with E-state index in [1.54, 1.807) is 0 Å². The molecular formula is C19H32O2. The zero-order valence-electron chi connectivity index (χ0n) is 13.7. The van der Waals surface area contributed by atoms with Crippen LogP contribution in [0, 0.1) is 34.5 Å². The van der Waals surface area contributed by atoms with Gasteiger partial charge in [-0.3, -0.25) is 0 Å². The van der Waals surface area contributed by atoms with Gasteiger partial charge in [-0.2, -0.15) is 0 Å². The van der Waals surface area contributed by atoms with E-state index in [4.69, 9.17) is 0 Å². The molecule has 8 atom stereocenters. The number of fused-ring (bicyclic) bond motifs is 5. The molecule has 7 unspecified atom stereocenters. The normalized spacial score (nSPS) is 60.0. The maximum absolute atomic E-state index is 10.5. The monoisotopic (exact) mass is 292 g/mol. The molecule has 0 bridgehead atoms. The molecule has 4 rings (SSSR count). The summed E-state index contributed by atoms with van der Waals surface area (Å²) in [6, 6.07) is 0. The predicted octanol–water partition coefficient (Wildman–Crippen LogP) is 3.75. The molecule has 0 aromatic rings. The molecule has 0 saturated heterocycles. The molecule has 21 heavy (non-hydrogen) atoms. The van der Waals surface area contributed by atoms with Gasteiger partial charge in [0.1, 0.15) is 0 Å². The Bertz CT molecular complexity index is 422. The number of aliphatic hydroxyl groups excluding tert-OH is 2. The molecule has 0 amide bonds. The van der Waals surface area contributed by atoms with Crippen LogP contribution in [0.4, 0.5) is 0 Å². The second-order valence-corrected chi connectivity index (χ2v) is 9.22. The Labute approximate surface area is 129 Å². The minimum atomic E-state index is -0.0536. The molecule has 0 radical (unpaired) electrons. The van der Waals surface area contributed by atoms with E-state index >= 15 is 0 Å². The van der Waals surface area contributed by atoms with Crippen molar-refractivity contribution in [3.05, 3.63) is 0 Å². The molecule has 4 aliphatic rings. The molecule has 2 nitrogen and oxygen atoms in total. The lowest BCUT2D eigenvalue weighted by Gasteiger charge is -2.60. The molecule has 0 aromatic heterocycles. The summed E-state index contributed by atoms with van der Waals surface area (Å²) in [6.45, 7) is 4.90. The number of hydrogen-bond donors (Lipinski definition) is 2. The van der Waals surface area contributed by atoms with Gasteiger partial charge in [0.2, 0.25) is 0 Å². The Morgan fingerprint density at radius 3 is 2.29 bits per heavy atom. The highest BCUT2D eigenvalue weighted by molar-refractivity contribution is 5.09. The highest BCUT2D eigenvalue weighted by Gasteiger charge is 2.59. The molecule has 4 aliphatic carbocycles. The van der Waals surface area contributed by atoms with Crippen molar-refractivity contribution < 1.29 is 10.2 Å². The van der Waals surface area contributed by atoms with Crippen LogP contribution in [-0.4, -0.2) is 22.4 Å². The lowest BCUT2D eigenvalue weighted by Crippen LogP contribution is -2.54. The molecule has 2 heteroatoms. The Hall–Kier alpha value is -0.0800. The second-order valence-electron chi connectivity index (χ2n) is 9.22. The smallest absolute Gasteiger partial charge is 0.0596 e. The largest absolute Gasteiger partial charge is 0.393 e. The van der Waals surface area contributed by atoms with Crippen LogP contribution in [0.5, 0.6) is 0 Å². The van der Waals surface area contributed by atoms with E-state index in [0.29, 0.717) is 5.41 Å². The first kappa shape index (κ1) is 14.5. The van der Waals surface area contributed by atoms with Crippen LogP contribution in [-0.2, 0) is 0 Å². The van der Waals surface area contributed by atoms with Crippen molar-refractivity contribution in [2.75, 3.05) is 0 Å². The topological polar surface area (TPSA) is 40.5 Å². The first-order chi connectivity index (χ1) is 9.95. The summed E-state index contributed by atoms with van der Waals surface area (Å²) in [5.74, 6) is 3.21. The van der Waals surface area contributed by atoms with E-state index in [1.807, 2.05) is 0 Å². The molecule has 2 N–H and O–H groups in total. The lowest BCUT2D eigenvalue weighted by atomic mass is 9.45. The first-order valence-corrected chi connectivity index (χ1v) is 9.31. The average Bonchev–Trinajstić information content (AvgIpc) is 2.76. The van der Waals surface area contributed by atoms with Crippen molar-refractivity contribution in [2.24, 2.45) is 34.5 Å². The molecule has 4 saturated carbocycles. The highest BCUT2D eigenvalue weighted by atomic mass is 16.3. The van der Waals surface area contributed by atoms with Crippen molar-refractivity contribution in [3.8, 4) is 0 Å². The van der Waals surface area contributed by atoms with Gasteiger partial charge in [0.05, 0.1) is 12.2 Å². The van der Waals surface area contributed by atoms with Gasteiger partial charge in [0, 0.05) is 0 Å². The quantitative estimate of drug-likeness (QED) is 0.714. The van der Waals surface area contributed by atoms with Gasteiger partial charge >= 0.3 is 0 Å². The maximum atomic E-state index is 10.5. The van der Waals surface area contributed by atoms with Gasteiger partial charge in [0.15, 0.2) is 0 Å². The molecule has 0 aliphatic heterocycles. The van der Waals surface area contributed by atoms with Crippen molar-refractivity contribution >= 4 is 0 Å². The van der Waals surface area contributed by atoms with E-state index < -0.39 is 0 Å². The summed E-state index contributed by atoms with van der Waals surface area (Å²) >= 11 is 0. The van der Waals surface area contributed by atoms with Gasteiger partial charge in [0.25, 0.3) is 0 Å². The maximum Gasteiger partial charge on any atom is 0.0596 e. The standard InChI is InChI=1S/C19H32O2/c1-18-9-7-13(20)11-12(18)3-4-14-15-5-6-17(21)19(15,2)10-8-16(14)18/h12-17,20-21H,3-11H2,1-2H3/t12?,13?,14-,15?,16?,17?,18?,19?/m0/s1. The van der Waals surface area contributed by atoms with Crippen LogP contribution in [0.25, 0.3) is 0 Å². The van der Waals surface area contributed by atoms with Crippen LogP contribution in [0.3, 0.4) is 0 Å². The SMILES string of the molecule is CC12CCC3[C@@H](CCC4CC(O)CCC43C)C1CCC2O. The molecular weight excluding hydrogens is 260 g/mol. The second kappa shape index (κ2) is 4.71. The summed E-state index contributed by atoms with van der Waals surface area (Å²) < 4.78 is 0. The van der Waals surface area contributed by atoms with Crippen LogP contribution in [0.1, 0.15) is 71.6 Å². The number of rotatable bonds is 0. The number of hydrogen-bond acceptors (Lipinski definition) is 2. The minimum absolute atomic E-state index is 0.0400. The molecule has 0 aromatic carbocycles. The Balaban J connectivity index is 1.62. The molecule has 0 spiro atoms. The van der Waals surface area contributed by atoms with Gasteiger partial charge in [-0.1, -0.05) is 13.8 Å². The Morgan fingerprint density at radius 1 is 0.762 bits per heavy atom. The van der Waals surface area contributed by atoms with Crippen molar-refractivity contribution in [1.29, 1.82) is 0 Å². The summed E-state index contributed by atoms with van der Waals surface area (Å²) in [6.07, 6.45) is 10.7. The van der Waals surface area contributed by atoms with Crippen LogP contribution >= 0.6 is 0 Å². The van der Waals surface area contributed by atoms with Crippen LogP contribution < -0.4 is 0 Å². The fourth-order valence-corrected chi connectivity index (χ4v) is 7.21. The number of aliphatic hydroxyl groups is 2. The van der Waals surface area contributed by atoms with Crippen LogP contribution in [0.2, 0.25) is 0 Å². The van der Waals surface area contributed by atoms with Crippen molar-refractivity contribution in [3.63, 3.8) is 0 Å². The van der Waals surface area contributed by atoms with Crippen molar-refractivity contribution in [1.82, 2.24) is 0 Å². The zero-order valence-corrected chi connectivity index (χ0v) is 13.7. The summed E-state index contributed by atoms with van der Waals surface area (Å²) in [5.41, 5.74) is 0.676. The zero-order chi connectivity index (χ0) is 14.8. The third-order valence-electron chi connectivity index (χ3n) is 8.59. The van der Waals surface area contributed by atoms with Crippen LogP contribution in [0.15, 0.2) is 0 Å².